The highest BCUT2D eigenvalue weighted by molar-refractivity contribution is 5.69. The largest absolute Gasteiger partial charge is 0.454 e. The molecule has 0 spiro atoms. The van der Waals surface area contributed by atoms with Gasteiger partial charge in [-0.25, -0.2) is 0 Å². The van der Waals surface area contributed by atoms with Gasteiger partial charge in [-0.15, -0.1) is 0 Å². The van der Waals surface area contributed by atoms with Gasteiger partial charge in [0.05, 0.1) is 12.7 Å². The molecule has 0 aromatic rings. The second-order valence-corrected chi connectivity index (χ2v) is 22.1. The van der Waals surface area contributed by atoms with E-state index in [4.69, 9.17) is 14.2 Å². The van der Waals surface area contributed by atoms with Crippen LogP contribution in [0.4, 0.5) is 0 Å². The maximum atomic E-state index is 13.1. The summed E-state index contributed by atoms with van der Waals surface area (Å²) in [6.45, 7) is 24.0. The van der Waals surface area contributed by atoms with Crippen LogP contribution in [0.5, 0.6) is 0 Å². The monoisotopic (exact) mass is 795 g/mol. The highest BCUT2D eigenvalue weighted by Gasteiger charge is 2.69. The Kier molecular flexibility index (Phi) is 14.6. The van der Waals surface area contributed by atoms with Gasteiger partial charge >= 0.3 is 5.97 Å². The first-order valence-electron chi connectivity index (χ1n) is 24.2. The fourth-order valence-corrected chi connectivity index (χ4v) is 14.6. The van der Waals surface area contributed by atoms with Crippen molar-refractivity contribution >= 4 is 5.97 Å². The molecule has 1 saturated heterocycles. The molecule has 57 heavy (non-hydrogen) atoms. The van der Waals surface area contributed by atoms with Gasteiger partial charge in [0.25, 0.3) is 0 Å². The summed E-state index contributed by atoms with van der Waals surface area (Å²) < 4.78 is 19.0. The van der Waals surface area contributed by atoms with E-state index in [1.54, 1.807) is 5.57 Å². The molecule has 6 nitrogen and oxygen atoms in total. The second-order valence-electron chi connectivity index (χ2n) is 22.1. The molecule has 0 aromatic carbocycles. The molecule has 1 aliphatic heterocycles. The molecule has 0 unspecified atom stereocenters. The van der Waals surface area contributed by atoms with Gasteiger partial charge in [0, 0.05) is 6.42 Å². The molecular formula is C51H86O6. The number of fused-ring (bicyclic) bond motifs is 7. The van der Waals surface area contributed by atoms with Crippen LogP contribution in [-0.4, -0.2) is 53.5 Å². The fraction of sp³-hybridized carbons (Fsp3) is 0.902. The molecule has 4 saturated carbocycles. The van der Waals surface area contributed by atoms with Crippen LogP contribution in [0.1, 0.15) is 203 Å². The van der Waals surface area contributed by atoms with Crippen molar-refractivity contribution in [3.05, 3.63) is 23.8 Å². The predicted molar refractivity (Wildman–Crippen MR) is 231 cm³/mol. The third-order valence-electron chi connectivity index (χ3n) is 18.3. The minimum absolute atomic E-state index is 0.104. The molecule has 5 fully saturated rings. The van der Waals surface area contributed by atoms with Gasteiger partial charge in [0.15, 0.2) is 12.4 Å². The number of unbranched alkanes of at least 4 members (excludes halogenated alkanes) is 12. The third kappa shape index (κ3) is 8.66. The molecule has 0 radical (unpaired) electrons. The van der Waals surface area contributed by atoms with Crippen LogP contribution in [0.15, 0.2) is 23.8 Å². The van der Waals surface area contributed by atoms with Gasteiger partial charge < -0.3 is 24.4 Å². The lowest BCUT2D eigenvalue weighted by Gasteiger charge is -2.71. The number of ether oxygens (including phenoxy) is 3. The van der Waals surface area contributed by atoms with Crippen molar-refractivity contribution in [3.63, 3.8) is 0 Å². The van der Waals surface area contributed by atoms with E-state index < -0.39 is 24.6 Å². The van der Waals surface area contributed by atoms with Crippen LogP contribution < -0.4 is 0 Å². The van der Waals surface area contributed by atoms with Gasteiger partial charge in [0.2, 0.25) is 0 Å². The number of allylic oxidation sites excluding steroid dienone is 3. The van der Waals surface area contributed by atoms with Gasteiger partial charge in [0.1, 0.15) is 12.2 Å². The summed E-state index contributed by atoms with van der Waals surface area (Å²) in [6.07, 6.45) is 26.3. The number of aliphatic hydroxyl groups is 2. The molecule has 1 heterocycles. The Morgan fingerprint density at radius 1 is 0.825 bits per heavy atom. The van der Waals surface area contributed by atoms with Crippen LogP contribution >= 0.6 is 0 Å². The summed E-state index contributed by atoms with van der Waals surface area (Å²) >= 11 is 0. The van der Waals surface area contributed by atoms with Gasteiger partial charge in [-0.2, -0.15) is 0 Å². The van der Waals surface area contributed by atoms with Crippen molar-refractivity contribution in [1.82, 2.24) is 0 Å². The first kappa shape index (κ1) is 45.3. The predicted octanol–water partition coefficient (Wildman–Crippen LogP) is 12.4. The number of hydrogen-bond donors (Lipinski definition) is 2. The molecule has 326 valence electrons. The molecule has 6 rings (SSSR count). The number of hydrogen-bond acceptors (Lipinski definition) is 6. The first-order chi connectivity index (χ1) is 27.1. The minimum Gasteiger partial charge on any atom is -0.454 e. The summed E-state index contributed by atoms with van der Waals surface area (Å²) in [7, 11) is 0. The summed E-state index contributed by atoms with van der Waals surface area (Å²) in [4.78, 5) is 13.1. The maximum absolute atomic E-state index is 13.1. The van der Waals surface area contributed by atoms with Crippen LogP contribution in [0, 0.1) is 50.7 Å². The standard InChI is InChI=1S/C51H86O6/c1-10-11-12-13-14-15-16-17-18-19-20-21-22-23-42(53)57-45-44(54)38(34-52)55-46(45)56-41-28-30-49(7)39(47(41,4)5)27-31-51(9)40(49)25-24-37-43-36(35(2)3)26-29-48(43,6)32-33-50(37,51)8/h24,36,38-41,43-46,52,54H,2,10-23,25-34H2,1,3-9H3/t36-,38+,39-,40+,41-,43+,44-,45+,46+,48+,49-,50+,51+/m0/s1. The highest BCUT2D eigenvalue weighted by atomic mass is 16.7. The Hall–Kier alpha value is -1.21. The SMILES string of the molecule is C=C(C)[C@@H]1CC[C@]2(C)CC[C@]3(C)C(=CC[C@@H]4[C@@]5(C)CC[C@H](O[C@H]6O[C@H](CO)[C@H](O)[C@H]6OC(=O)CCCCCCCCCCCCCCC)C(C)(C)[C@@H]5CC[C@]43C)[C@@H]12. The third-order valence-corrected chi connectivity index (χ3v) is 18.3. The van der Waals surface area contributed by atoms with Crippen molar-refractivity contribution in [2.24, 2.45) is 50.7 Å². The number of aliphatic hydroxyl groups excluding tert-OH is 2. The van der Waals surface area contributed by atoms with E-state index in [2.05, 4.69) is 68.0 Å². The highest BCUT2D eigenvalue weighted by Crippen LogP contribution is 2.76. The molecule has 5 aliphatic carbocycles. The van der Waals surface area contributed by atoms with Crippen LogP contribution in [0.2, 0.25) is 0 Å². The molecule has 0 bridgehead atoms. The molecule has 6 aliphatic rings. The van der Waals surface area contributed by atoms with Crippen molar-refractivity contribution in [2.45, 2.75) is 234 Å². The van der Waals surface area contributed by atoms with Gasteiger partial charge in [-0.05, 0) is 122 Å². The summed E-state index contributed by atoms with van der Waals surface area (Å²) in [5.74, 6) is 2.02. The van der Waals surface area contributed by atoms with E-state index in [0.29, 0.717) is 35.5 Å². The number of carbonyl (C=O) groups excluding carboxylic acids is 1. The summed E-state index contributed by atoms with van der Waals surface area (Å²) in [5, 5.41) is 21.3. The van der Waals surface area contributed by atoms with Crippen molar-refractivity contribution in [1.29, 1.82) is 0 Å². The Balaban J connectivity index is 1.04. The molecular weight excluding hydrogens is 709 g/mol. The Bertz CT molecular complexity index is 1400. The van der Waals surface area contributed by atoms with Gasteiger partial charge in [-0.3, -0.25) is 4.79 Å². The zero-order valence-electron chi connectivity index (χ0n) is 38.0. The number of esters is 1. The second kappa shape index (κ2) is 18.4. The van der Waals surface area contributed by atoms with E-state index in [1.807, 2.05) is 0 Å². The van der Waals surface area contributed by atoms with E-state index in [1.165, 1.54) is 115 Å². The Morgan fingerprint density at radius 2 is 1.46 bits per heavy atom. The van der Waals surface area contributed by atoms with Crippen LogP contribution in [-0.2, 0) is 19.0 Å². The average Bonchev–Trinajstić information content (AvgIpc) is 3.67. The number of carbonyl (C=O) groups is 1. The van der Waals surface area contributed by atoms with E-state index in [0.717, 1.165) is 32.1 Å². The van der Waals surface area contributed by atoms with Gasteiger partial charge in [-0.1, -0.05) is 149 Å². The fourth-order valence-electron chi connectivity index (χ4n) is 14.6. The van der Waals surface area contributed by atoms with Crippen LogP contribution in [0.25, 0.3) is 0 Å². The van der Waals surface area contributed by atoms with E-state index >= 15 is 0 Å². The molecule has 6 heteroatoms. The molecule has 0 amide bonds. The van der Waals surface area contributed by atoms with Crippen molar-refractivity contribution in [2.75, 3.05) is 6.61 Å². The van der Waals surface area contributed by atoms with Crippen LogP contribution in [0.3, 0.4) is 0 Å². The topological polar surface area (TPSA) is 85.2 Å². The summed E-state index contributed by atoms with van der Waals surface area (Å²) in [6, 6.07) is 0. The molecule has 2 N–H and O–H groups in total. The molecule has 13 atom stereocenters. The zero-order chi connectivity index (χ0) is 41.2. The first-order valence-corrected chi connectivity index (χ1v) is 24.2. The van der Waals surface area contributed by atoms with E-state index in [9.17, 15) is 15.0 Å². The maximum Gasteiger partial charge on any atom is 0.306 e. The lowest BCUT2D eigenvalue weighted by Crippen LogP contribution is -2.64. The Labute approximate surface area is 349 Å². The smallest absolute Gasteiger partial charge is 0.306 e. The zero-order valence-corrected chi connectivity index (χ0v) is 38.0. The number of rotatable bonds is 19. The average molecular weight is 795 g/mol. The minimum atomic E-state index is -1.12. The van der Waals surface area contributed by atoms with Crippen molar-refractivity contribution in [3.8, 4) is 0 Å². The van der Waals surface area contributed by atoms with E-state index in [-0.39, 0.29) is 40.3 Å². The normalized spacial score (nSPS) is 42.1. The van der Waals surface area contributed by atoms with Crippen molar-refractivity contribution < 1.29 is 29.2 Å². The summed E-state index contributed by atoms with van der Waals surface area (Å²) in [5.41, 5.74) is 4.05. The molecule has 0 aromatic heterocycles. The lowest BCUT2D eigenvalue weighted by molar-refractivity contribution is -0.261. The lowest BCUT2D eigenvalue weighted by atomic mass is 9.34. The Morgan fingerprint density at radius 3 is 2.07 bits per heavy atom. The quantitative estimate of drug-likeness (QED) is 0.0769.